The Kier molecular flexibility index (Phi) is 9.68. The van der Waals surface area contributed by atoms with E-state index in [1.165, 1.54) is 18.4 Å². The van der Waals surface area contributed by atoms with Gasteiger partial charge in [0.1, 0.15) is 6.04 Å². The highest BCUT2D eigenvalue weighted by Crippen LogP contribution is 2.20. The lowest BCUT2D eigenvalue weighted by Crippen LogP contribution is -2.53. The van der Waals surface area contributed by atoms with Crippen LogP contribution in [-0.4, -0.2) is 55.1 Å². The van der Waals surface area contributed by atoms with E-state index in [1.807, 2.05) is 45.0 Å². The molecule has 1 aliphatic rings. The van der Waals surface area contributed by atoms with Crippen molar-refractivity contribution in [2.24, 2.45) is 0 Å². The normalized spacial score (nSPS) is 15.5. The molecule has 0 heterocycles. The summed E-state index contributed by atoms with van der Waals surface area (Å²) in [7, 11) is -2.45. The summed E-state index contributed by atoms with van der Waals surface area (Å²) in [6.07, 6.45) is 5.70. The van der Waals surface area contributed by atoms with Crippen molar-refractivity contribution in [3.05, 3.63) is 65.2 Å². The van der Waals surface area contributed by atoms with Crippen molar-refractivity contribution < 1.29 is 18.0 Å². The molecule has 8 heteroatoms. The van der Waals surface area contributed by atoms with Gasteiger partial charge in [0.15, 0.2) is 0 Å². The zero-order valence-corrected chi connectivity index (χ0v) is 22.7. The summed E-state index contributed by atoms with van der Waals surface area (Å²) in [5.74, 6) is -0.574. The first kappa shape index (κ1) is 27.9. The number of nitrogens with zero attached hydrogens (tertiary/aromatic N) is 2. The SMILES string of the molecule is CCC(C(=O)NC1CCCCC1)N(Cc1cccc(C)c1)C(=O)CN(C)S(=O)(=O)c1ccc(C)cc1. The van der Waals surface area contributed by atoms with Crippen molar-refractivity contribution in [3.63, 3.8) is 0 Å². The van der Waals surface area contributed by atoms with Crippen LogP contribution in [0.1, 0.15) is 62.1 Å². The van der Waals surface area contributed by atoms with Gasteiger partial charge in [-0.05, 0) is 50.8 Å². The first-order chi connectivity index (χ1) is 17.1. The molecule has 1 saturated carbocycles. The average Bonchev–Trinajstić information content (AvgIpc) is 2.84. The largest absolute Gasteiger partial charge is 0.352 e. The highest BCUT2D eigenvalue weighted by Gasteiger charge is 2.32. The monoisotopic (exact) mass is 513 g/mol. The van der Waals surface area contributed by atoms with Crippen molar-refractivity contribution in [3.8, 4) is 0 Å². The Hall–Kier alpha value is -2.71. The van der Waals surface area contributed by atoms with Gasteiger partial charge in [0, 0.05) is 19.6 Å². The summed E-state index contributed by atoms with van der Waals surface area (Å²) in [6, 6.07) is 13.8. The Morgan fingerprint density at radius 1 is 1.00 bits per heavy atom. The molecule has 0 saturated heterocycles. The second-order valence-electron chi connectivity index (χ2n) is 9.85. The van der Waals surface area contributed by atoms with Crippen LogP contribution >= 0.6 is 0 Å². The zero-order chi connectivity index (χ0) is 26.3. The molecule has 7 nitrogen and oxygen atoms in total. The van der Waals surface area contributed by atoms with Gasteiger partial charge < -0.3 is 10.2 Å². The Labute approximate surface area is 215 Å². The van der Waals surface area contributed by atoms with Crippen LogP contribution in [0.15, 0.2) is 53.4 Å². The third-order valence-electron chi connectivity index (χ3n) is 6.86. The van der Waals surface area contributed by atoms with E-state index >= 15 is 0 Å². The molecule has 1 unspecified atom stereocenters. The number of sulfonamides is 1. The highest BCUT2D eigenvalue weighted by molar-refractivity contribution is 7.89. The van der Waals surface area contributed by atoms with E-state index in [9.17, 15) is 18.0 Å². The number of amides is 2. The molecular formula is C28H39N3O4S. The summed E-state index contributed by atoms with van der Waals surface area (Å²) in [4.78, 5) is 28.6. The van der Waals surface area contributed by atoms with Gasteiger partial charge in [-0.25, -0.2) is 8.42 Å². The zero-order valence-electron chi connectivity index (χ0n) is 21.9. The Morgan fingerprint density at radius 2 is 1.67 bits per heavy atom. The molecule has 36 heavy (non-hydrogen) atoms. The van der Waals surface area contributed by atoms with Gasteiger partial charge in [-0.3, -0.25) is 9.59 Å². The molecule has 0 aromatic heterocycles. The maximum absolute atomic E-state index is 13.6. The van der Waals surface area contributed by atoms with Crippen molar-refractivity contribution >= 4 is 21.8 Å². The van der Waals surface area contributed by atoms with Gasteiger partial charge >= 0.3 is 0 Å². The van der Waals surface area contributed by atoms with E-state index in [-0.39, 0.29) is 29.9 Å². The quantitative estimate of drug-likeness (QED) is 0.516. The summed E-state index contributed by atoms with van der Waals surface area (Å²) < 4.78 is 27.3. The topological polar surface area (TPSA) is 86.8 Å². The minimum Gasteiger partial charge on any atom is -0.352 e. The summed E-state index contributed by atoms with van der Waals surface area (Å²) in [5, 5.41) is 3.15. The van der Waals surface area contributed by atoms with Crippen LogP contribution in [0, 0.1) is 13.8 Å². The highest BCUT2D eigenvalue weighted by atomic mass is 32.2. The number of hydrogen-bond acceptors (Lipinski definition) is 4. The maximum atomic E-state index is 13.6. The number of benzene rings is 2. The predicted molar refractivity (Wildman–Crippen MR) is 142 cm³/mol. The van der Waals surface area contributed by atoms with Crippen LogP contribution in [-0.2, 0) is 26.2 Å². The third kappa shape index (κ3) is 7.17. The Morgan fingerprint density at radius 3 is 2.28 bits per heavy atom. The molecule has 2 aromatic carbocycles. The minimum absolute atomic E-state index is 0.126. The lowest BCUT2D eigenvalue weighted by molar-refractivity contribution is -0.141. The van der Waals surface area contributed by atoms with E-state index in [0.29, 0.717) is 6.42 Å². The molecule has 2 aromatic rings. The number of rotatable bonds is 10. The fourth-order valence-corrected chi connectivity index (χ4v) is 5.85. The summed E-state index contributed by atoms with van der Waals surface area (Å²) in [5.41, 5.74) is 2.90. The maximum Gasteiger partial charge on any atom is 0.243 e. The summed E-state index contributed by atoms with van der Waals surface area (Å²) in [6.45, 7) is 5.62. The average molecular weight is 514 g/mol. The van der Waals surface area contributed by atoms with Gasteiger partial charge in [-0.2, -0.15) is 4.31 Å². The molecule has 0 spiro atoms. The van der Waals surface area contributed by atoms with Gasteiger partial charge in [0.25, 0.3) is 0 Å². The minimum atomic E-state index is -3.85. The van der Waals surface area contributed by atoms with Gasteiger partial charge in [-0.15, -0.1) is 0 Å². The second-order valence-corrected chi connectivity index (χ2v) is 11.9. The molecule has 0 bridgehead atoms. The molecule has 1 atom stereocenters. The van der Waals surface area contributed by atoms with Crippen molar-refractivity contribution in [2.45, 2.75) is 82.8 Å². The Balaban J connectivity index is 1.83. The van der Waals surface area contributed by atoms with E-state index in [1.54, 1.807) is 24.3 Å². The smallest absolute Gasteiger partial charge is 0.243 e. The molecule has 1 aliphatic carbocycles. The van der Waals surface area contributed by atoms with Crippen LogP contribution in [0.4, 0.5) is 0 Å². The van der Waals surface area contributed by atoms with Crippen LogP contribution in [0.5, 0.6) is 0 Å². The van der Waals surface area contributed by atoms with E-state index in [0.717, 1.165) is 46.7 Å². The first-order valence-electron chi connectivity index (χ1n) is 12.8. The molecule has 196 valence electrons. The molecule has 0 radical (unpaired) electrons. The number of nitrogens with one attached hydrogen (secondary N) is 1. The predicted octanol–water partition coefficient (Wildman–Crippen LogP) is 4.18. The van der Waals surface area contributed by atoms with Crippen LogP contribution in [0.25, 0.3) is 0 Å². The molecule has 1 fully saturated rings. The molecule has 1 N–H and O–H groups in total. The third-order valence-corrected chi connectivity index (χ3v) is 8.68. The number of likely N-dealkylation sites (N-methyl/N-ethyl adjacent to an activating group) is 1. The molecule has 3 rings (SSSR count). The molecular weight excluding hydrogens is 474 g/mol. The van der Waals surface area contributed by atoms with Crippen molar-refractivity contribution in [1.29, 1.82) is 0 Å². The van der Waals surface area contributed by atoms with Gasteiger partial charge in [0.2, 0.25) is 21.8 Å². The Bertz CT molecular complexity index is 1140. The standard InChI is InChI=1S/C28H39N3O4S/c1-5-26(28(33)29-24-12-7-6-8-13-24)31(19-23-11-9-10-22(3)18-23)27(32)20-30(4)36(34,35)25-16-14-21(2)15-17-25/h9-11,14-18,24,26H,5-8,12-13,19-20H2,1-4H3,(H,29,33). The first-order valence-corrected chi connectivity index (χ1v) is 14.2. The number of carbonyl (C=O) groups excluding carboxylic acids is 2. The number of carbonyl (C=O) groups is 2. The lowest BCUT2D eigenvalue weighted by atomic mass is 9.95. The van der Waals surface area contributed by atoms with Crippen molar-refractivity contribution in [1.82, 2.24) is 14.5 Å². The fraction of sp³-hybridized carbons (Fsp3) is 0.500. The molecule has 0 aliphatic heterocycles. The van der Waals surface area contributed by atoms with Crippen LogP contribution in [0.3, 0.4) is 0 Å². The van der Waals surface area contributed by atoms with E-state index < -0.39 is 22.0 Å². The van der Waals surface area contributed by atoms with E-state index in [4.69, 9.17) is 0 Å². The lowest BCUT2D eigenvalue weighted by Gasteiger charge is -2.33. The van der Waals surface area contributed by atoms with Crippen LogP contribution < -0.4 is 5.32 Å². The fourth-order valence-electron chi connectivity index (χ4n) is 4.73. The van der Waals surface area contributed by atoms with Crippen molar-refractivity contribution in [2.75, 3.05) is 13.6 Å². The second kappa shape index (κ2) is 12.5. The molecule has 2 amide bonds. The number of aryl methyl sites for hydroxylation is 2. The summed E-state index contributed by atoms with van der Waals surface area (Å²) >= 11 is 0. The van der Waals surface area contributed by atoms with Crippen LogP contribution in [0.2, 0.25) is 0 Å². The van der Waals surface area contributed by atoms with Gasteiger partial charge in [0.05, 0.1) is 11.4 Å². The van der Waals surface area contributed by atoms with E-state index in [2.05, 4.69) is 5.32 Å². The number of hydrogen-bond donors (Lipinski definition) is 1. The van der Waals surface area contributed by atoms with Gasteiger partial charge in [-0.1, -0.05) is 73.7 Å².